The van der Waals surface area contributed by atoms with Gasteiger partial charge in [0, 0.05) is 24.2 Å². The highest BCUT2D eigenvalue weighted by molar-refractivity contribution is 5.94. The molecule has 4 nitrogen and oxygen atoms in total. The van der Waals surface area contributed by atoms with E-state index in [0.717, 1.165) is 16.8 Å². The van der Waals surface area contributed by atoms with Crippen LogP contribution in [0.25, 0.3) is 0 Å². The van der Waals surface area contributed by atoms with Gasteiger partial charge in [-0.15, -0.1) is 0 Å². The SMILES string of the molecule is Cc1ccc(C)c(NC(=O)CCCNC(=O)c2ccccc2)c1. The van der Waals surface area contributed by atoms with Crippen molar-refractivity contribution in [2.24, 2.45) is 0 Å². The molecule has 0 aliphatic rings. The molecule has 0 aliphatic carbocycles. The number of aryl methyl sites for hydroxylation is 2. The molecule has 0 bridgehead atoms. The van der Waals surface area contributed by atoms with Gasteiger partial charge in [-0.05, 0) is 49.6 Å². The van der Waals surface area contributed by atoms with Crippen molar-refractivity contribution in [3.63, 3.8) is 0 Å². The van der Waals surface area contributed by atoms with Crippen LogP contribution < -0.4 is 10.6 Å². The van der Waals surface area contributed by atoms with Crippen molar-refractivity contribution in [1.29, 1.82) is 0 Å². The number of hydrogen-bond acceptors (Lipinski definition) is 2. The summed E-state index contributed by atoms with van der Waals surface area (Å²) >= 11 is 0. The van der Waals surface area contributed by atoms with Crippen molar-refractivity contribution in [3.05, 3.63) is 65.2 Å². The third-order valence-corrected chi connectivity index (χ3v) is 3.57. The van der Waals surface area contributed by atoms with Crippen molar-refractivity contribution < 1.29 is 9.59 Å². The van der Waals surface area contributed by atoms with Gasteiger partial charge < -0.3 is 10.6 Å². The molecule has 120 valence electrons. The Labute approximate surface area is 136 Å². The molecule has 2 amide bonds. The van der Waals surface area contributed by atoms with Gasteiger partial charge in [-0.2, -0.15) is 0 Å². The minimum Gasteiger partial charge on any atom is -0.352 e. The molecule has 0 heterocycles. The monoisotopic (exact) mass is 310 g/mol. The van der Waals surface area contributed by atoms with E-state index in [1.807, 2.05) is 50.2 Å². The highest BCUT2D eigenvalue weighted by atomic mass is 16.2. The summed E-state index contributed by atoms with van der Waals surface area (Å²) in [6, 6.07) is 15.0. The van der Waals surface area contributed by atoms with Gasteiger partial charge in [0.15, 0.2) is 0 Å². The lowest BCUT2D eigenvalue weighted by atomic mass is 10.1. The summed E-state index contributed by atoms with van der Waals surface area (Å²) in [6.45, 7) is 4.44. The first-order chi connectivity index (χ1) is 11.1. The van der Waals surface area contributed by atoms with E-state index in [4.69, 9.17) is 0 Å². The third kappa shape index (κ3) is 5.25. The Morgan fingerprint density at radius 2 is 1.74 bits per heavy atom. The van der Waals surface area contributed by atoms with E-state index >= 15 is 0 Å². The first-order valence-corrected chi connectivity index (χ1v) is 7.76. The van der Waals surface area contributed by atoms with Gasteiger partial charge in [0.2, 0.25) is 5.91 Å². The summed E-state index contributed by atoms with van der Waals surface area (Å²) in [5.41, 5.74) is 3.64. The zero-order valence-corrected chi connectivity index (χ0v) is 13.6. The molecular formula is C19H22N2O2. The van der Waals surface area contributed by atoms with E-state index in [-0.39, 0.29) is 11.8 Å². The molecule has 0 atom stereocenters. The minimum absolute atomic E-state index is 0.0346. The molecule has 0 fully saturated rings. The van der Waals surface area contributed by atoms with E-state index in [1.54, 1.807) is 12.1 Å². The molecule has 2 rings (SSSR count). The van der Waals surface area contributed by atoms with Crippen LogP contribution in [0.15, 0.2) is 48.5 Å². The lowest BCUT2D eigenvalue weighted by Gasteiger charge is -2.09. The molecule has 0 aliphatic heterocycles. The highest BCUT2D eigenvalue weighted by Crippen LogP contribution is 2.16. The molecule has 0 aromatic heterocycles. The molecule has 0 saturated carbocycles. The van der Waals surface area contributed by atoms with E-state index in [0.29, 0.717) is 24.9 Å². The fourth-order valence-corrected chi connectivity index (χ4v) is 2.23. The van der Waals surface area contributed by atoms with E-state index in [2.05, 4.69) is 10.6 Å². The van der Waals surface area contributed by atoms with E-state index < -0.39 is 0 Å². The first-order valence-electron chi connectivity index (χ1n) is 7.76. The van der Waals surface area contributed by atoms with Crippen molar-refractivity contribution in [2.75, 3.05) is 11.9 Å². The second kappa shape index (κ2) is 8.13. The Morgan fingerprint density at radius 1 is 1.00 bits per heavy atom. The lowest BCUT2D eigenvalue weighted by Crippen LogP contribution is -2.25. The lowest BCUT2D eigenvalue weighted by molar-refractivity contribution is -0.116. The van der Waals surface area contributed by atoms with E-state index in [1.165, 1.54) is 0 Å². The molecule has 4 heteroatoms. The number of hydrogen-bond donors (Lipinski definition) is 2. The predicted octanol–water partition coefficient (Wildman–Crippen LogP) is 3.45. The smallest absolute Gasteiger partial charge is 0.251 e. The molecule has 2 aromatic carbocycles. The number of carbonyl (C=O) groups excluding carboxylic acids is 2. The largest absolute Gasteiger partial charge is 0.352 e. The average Bonchev–Trinajstić information content (AvgIpc) is 2.55. The summed E-state index contributed by atoms with van der Waals surface area (Å²) in [6.07, 6.45) is 0.984. The van der Waals surface area contributed by atoms with Crippen LogP contribution in [-0.2, 0) is 4.79 Å². The first kappa shape index (κ1) is 16.7. The van der Waals surface area contributed by atoms with Crippen LogP contribution >= 0.6 is 0 Å². The molecule has 0 saturated heterocycles. The topological polar surface area (TPSA) is 58.2 Å². The van der Waals surface area contributed by atoms with Gasteiger partial charge >= 0.3 is 0 Å². The van der Waals surface area contributed by atoms with E-state index in [9.17, 15) is 9.59 Å². The van der Waals surface area contributed by atoms with Gasteiger partial charge in [-0.25, -0.2) is 0 Å². The summed E-state index contributed by atoms with van der Waals surface area (Å²) in [5, 5.41) is 5.74. The number of benzene rings is 2. The zero-order chi connectivity index (χ0) is 16.7. The van der Waals surface area contributed by atoms with Crippen LogP contribution in [0, 0.1) is 13.8 Å². The predicted molar refractivity (Wildman–Crippen MR) is 92.6 cm³/mol. The minimum atomic E-state index is -0.111. The number of amides is 2. The second-order valence-electron chi connectivity index (χ2n) is 5.59. The summed E-state index contributed by atoms with van der Waals surface area (Å²) in [7, 11) is 0. The number of rotatable bonds is 6. The maximum absolute atomic E-state index is 12.0. The maximum atomic E-state index is 12.0. The van der Waals surface area contributed by atoms with Gasteiger partial charge in [-0.3, -0.25) is 9.59 Å². The van der Waals surface area contributed by atoms with Crippen LogP contribution in [0.4, 0.5) is 5.69 Å². The number of anilines is 1. The molecule has 0 radical (unpaired) electrons. The van der Waals surface area contributed by atoms with Crippen LogP contribution in [0.1, 0.15) is 34.3 Å². The Bertz CT molecular complexity index is 681. The van der Waals surface area contributed by atoms with Crippen molar-refractivity contribution in [2.45, 2.75) is 26.7 Å². The van der Waals surface area contributed by atoms with Crippen LogP contribution in [0.2, 0.25) is 0 Å². The van der Waals surface area contributed by atoms with Gasteiger partial charge in [-0.1, -0.05) is 30.3 Å². The molecule has 23 heavy (non-hydrogen) atoms. The number of carbonyl (C=O) groups is 2. The summed E-state index contributed by atoms with van der Waals surface area (Å²) in [5.74, 6) is -0.145. The Morgan fingerprint density at radius 3 is 2.48 bits per heavy atom. The Balaban J connectivity index is 1.73. The highest BCUT2D eigenvalue weighted by Gasteiger charge is 2.07. The Hall–Kier alpha value is -2.62. The fraction of sp³-hybridized carbons (Fsp3) is 0.263. The standard InChI is InChI=1S/C19H22N2O2/c1-14-10-11-15(2)17(13-14)21-18(22)9-6-12-20-19(23)16-7-4-3-5-8-16/h3-5,7-8,10-11,13H,6,9,12H2,1-2H3,(H,20,23)(H,21,22). The average molecular weight is 310 g/mol. The molecular weight excluding hydrogens is 288 g/mol. The van der Waals surface area contributed by atoms with Crippen LogP contribution in [0.5, 0.6) is 0 Å². The molecule has 0 unspecified atom stereocenters. The normalized spacial score (nSPS) is 10.2. The summed E-state index contributed by atoms with van der Waals surface area (Å²) < 4.78 is 0. The number of nitrogens with one attached hydrogen (secondary N) is 2. The molecule has 0 spiro atoms. The maximum Gasteiger partial charge on any atom is 0.251 e. The Kier molecular flexibility index (Phi) is 5.92. The zero-order valence-electron chi connectivity index (χ0n) is 13.6. The fourth-order valence-electron chi connectivity index (χ4n) is 2.23. The third-order valence-electron chi connectivity index (χ3n) is 3.57. The van der Waals surface area contributed by atoms with Crippen molar-refractivity contribution >= 4 is 17.5 Å². The molecule has 2 N–H and O–H groups in total. The second-order valence-corrected chi connectivity index (χ2v) is 5.59. The summed E-state index contributed by atoms with van der Waals surface area (Å²) in [4.78, 5) is 23.8. The van der Waals surface area contributed by atoms with Gasteiger partial charge in [0.25, 0.3) is 5.91 Å². The van der Waals surface area contributed by atoms with Crippen molar-refractivity contribution in [3.8, 4) is 0 Å². The van der Waals surface area contributed by atoms with Crippen LogP contribution in [-0.4, -0.2) is 18.4 Å². The quantitative estimate of drug-likeness (QED) is 0.803. The van der Waals surface area contributed by atoms with Crippen LogP contribution in [0.3, 0.4) is 0 Å². The van der Waals surface area contributed by atoms with Gasteiger partial charge in [0.05, 0.1) is 0 Å². The molecule has 2 aromatic rings. The van der Waals surface area contributed by atoms with Gasteiger partial charge in [0.1, 0.15) is 0 Å². The van der Waals surface area contributed by atoms with Crippen molar-refractivity contribution in [1.82, 2.24) is 5.32 Å².